The third-order valence-corrected chi connectivity index (χ3v) is 1.07. The van der Waals surface area contributed by atoms with Crippen molar-refractivity contribution >= 4 is 7.28 Å². The topological polar surface area (TPSA) is 0 Å². The van der Waals surface area contributed by atoms with Crippen LogP contribution >= 0.6 is 0 Å². The molecule has 0 aromatic rings. The van der Waals surface area contributed by atoms with Crippen LogP contribution in [0.3, 0.4) is 0 Å². The summed E-state index contributed by atoms with van der Waals surface area (Å²) in [6.45, 7) is 0. The summed E-state index contributed by atoms with van der Waals surface area (Å²) in [5.74, 6) is 0. The van der Waals surface area contributed by atoms with Crippen LogP contribution in [0.5, 0.6) is 0 Å². The molecule has 0 nitrogen and oxygen atoms in total. The van der Waals surface area contributed by atoms with Crippen molar-refractivity contribution in [2.24, 2.45) is 0 Å². The molecular weight excluding hydrogens is 58.9 g/mol. The van der Waals surface area contributed by atoms with Crippen LogP contribution in [0.25, 0.3) is 0 Å². The zero-order valence-electron chi connectivity index (χ0n) is 3.41. The first-order valence-corrected chi connectivity index (χ1v) is 2.32. The van der Waals surface area contributed by atoms with E-state index in [9.17, 15) is 0 Å². The summed E-state index contributed by atoms with van der Waals surface area (Å²) in [7, 11) is 1.38. The van der Waals surface area contributed by atoms with Gasteiger partial charge in [-0.25, -0.2) is 0 Å². The summed E-state index contributed by atoms with van der Waals surface area (Å²) in [4.78, 5) is 0. The molecule has 0 spiro atoms. The van der Waals surface area contributed by atoms with Crippen LogP contribution in [-0.4, -0.2) is 7.28 Å². The zero-order valence-corrected chi connectivity index (χ0v) is 3.41. The van der Waals surface area contributed by atoms with Crippen LogP contribution in [0.4, 0.5) is 0 Å². The molecular formula is C4H8B. The highest BCUT2D eigenvalue weighted by Gasteiger charge is 1.98. The highest BCUT2D eigenvalue weighted by atomic mass is 13.9. The lowest BCUT2D eigenvalue weighted by Gasteiger charge is -1.68. The second-order valence-corrected chi connectivity index (χ2v) is 1.57. The first-order valence-electron chi connectivity index (χ1n) is 2.32. The molecule has 0 aromatic heterocycles. The molecule has 5 heavy (non-hydrogen) atoms. The predicted molar refractivity (Wildman–Crippen MR) is 25.5 cm³/mol. The summed E-state index contributed by atoms with van der Waals surface area (Å²) < 4.78 is 0. The standard InChI is InChI=1S/C4H8B/c1-2-4-5-3-1/h3,5H,1-2,4H2. The van der Waals surface area contributed by atoms with Crippen LogP contribution in [0, 0.1) is 6.32 Å². The Morgan fingerprint density at radius 1 is 1.60 bits per heavy atom. The molecule has 0 saturated carbocycles. The smallest absolute Gasteiger partial charge is 0.0772 e. The lowest BCUT2D eigenvalue weighted by atomic mass is 9.77. The van der Waals surface area contributed by atoms with E-state index in [1.54, 1.807) is 0 Å². The van der Waals surface area contributed by atoms with Gasteiger partial charge in [0.2, 0.25) is 0 Å². The monoisotopic (exact) mass is 67.1 g/mol. The third-order valence-electron chi connectivity index (χ3n) is 1.07. The molecule has 1 heterocycles. The largest absolute Gasteiger partial charge is 0.123 e. The van der Waals surface area contributed by atoms with E-state index in [1.165, 1.54) is 26.4 Å². The van der Waals surface area contributed by atoms with E-state index in [0.717, 1.165) is 0 Å². The van der Waals surface area contributed by atoms with Crippen molar-refractivity contribution in [3.8, 4) is 0 Å². The fourth-order valence-electron chi connectivity index (χ4n) is 0.722. The lowest BCUT2D eigenvalue weighted by molar-refractivity contribution is 0.983. The van der Waals surface area contributed by atoms with Crippen LogP contribution in [0.1, 0.15) is 12.8 Å². The van der Waals surface area contributed by atoms with Gasteiger partial charge in [0.15, 0.2) is 0 Å². The van der Waals surface area contributed by atoms with Crippen molar-refractivity contribution in [1.29, 1.82) is 0 Å². The lowest BCUT2D eigenvalue weighted by Crippen LogP contribution is -1.71. The molecule has 27 valence electrons. The van der Waals surface area contributed by atoms with Gasteiger partial charge in [-0.3, -0.25) is 0 Å². The van der Waals surface area contributed by atoms with Crippen LogP contribution in [0.15, 0.2) is 0 Å². The van der Waals surface area contributed by atoms with Gasteiger partial charge in [0.25, 0.3) is 0 Å². The van der Waals surface area contributed by atoms with E-state index in [-0.39, 0.29) is 0 Å². The van der Waals surface area contributed by atoms with Gasteiger partial charge in [-0.1, -0.05) is 25.5 Å². The molecule has 0 amide bonds. The molecule has 0 atom stereocenters. The van der Waals surface area contributed by atoms with E-state index < -0.39 is 0 Å². The average Bonchev–Trinajstić information content (AvgIpc) is 1.76. The molecule has 1 aliphatic rings. The quantitative estimate of drug-likeness (QED) is 0.367. The van der Waals surface area contributed by atoms with E-state index >= 15 is 0 Å². The summed E-state index contributed by atoms with van der Waals surface area (Å²) >= 11 is 0. The molecule has 0 aliphatic carbocycles. The average molecular weight is 66.9 g/mol. The molecule has 1 heteroatoms. The van der Waals surface area contributed by atoms with Gasteiger partial charge in [0.05, 0.1) is 0 Å². The molecule has 1 fully saturated rings. The molecule has 0 bridgehead atoms. The molecule has 0 N–H and O–H groups in total. The van der Waals surface area contributed by atoms with E-state index in [0.29, 0.717) is 0 Å². The Morgan fingerprint density at radius 2 is 2.60 bits per heavy atom. The Kier molecular flexibility index (Phi) is 0.971. The second kappa shape index (κ2) is 1.49. The predicted octanol–water partition coefficient (Wildman–Crippen LogP) is 0.797. The Labute approximate surface area is 33.8 Å². The minimum Gasteiger partial charge on any atom is -0.0772 e. The Bertz CT molecular complexity index is 15.2. The maximum absolute atomic E-state index is 2.36. The van der Waals surface area contributed by atoms with Crippen LogP contribution < -0.4 is 0 Å². The molecule has 1 radical (unpaired) electrons. The van der Waals surface area contributed by atoms with Crippen molar-refractivity contribution in [1.82, 2.24) is 0 Å². The van der Waals surface area contributed by atoms with E-state index in [4.69, 9.17) is 0 Å². The maximum atomic E-state index is 2.36. The maximum Gasteiger partial charge on any atom is 0.123 e. The minimum atomic E-state index is 1.38. The first-order chi connectivity index (χ1) is 2.50. The van der Waals surface area contributed by atoms with Gasteiger partial charge in [-0.05, 0) is 0 Å². The number of hydrogen-bond donors (Lipinski definition) is 0. The van der Waals surface area contributed by atoms with E-state index in [2.05, 4.69) is 6.32 Å². The van der Waals surface area contributed by atoms with Gasteiger partial charge in [-0.2, -0.15) is 0 Å². The van der Waals surface area contributed by atoms with Crippen molar-refractivity contribution in [2.45, 2.75) is 19.2 Å². The van der Waals surface area contributed by atoms with Gasteiger partial charge >= 0.3 is 0 Å². The Hall–Kier alpha value is 0.0649. The normalized spacial score (nSPS) is 22.4. The summed E-state index contributed by atoms with van der Waals surface area (Å²) in [5.41, 5.74) is 0. The molecule has 1 aliphatic heterocycles. The number of rotatable bonds is 0. The summed E-state index contributed by atoms with van der Waals surface area (Å²) in [6, 6.07) is 0. The molecule has 0 aromatic carbocycles. The van der Waals surface area contributed by atoms with Crippen molar-refractivity contribution in [3.63, 3.8) is 0 Å². The van der Waals surface area contributed by atoms with Crippen LogP contribution in [-0.2, 0) is 0 Å². The second-order valence-electron chi connectivity index (χ2n) is 1.57. The van der Waals surface area contributed by atoms with Gasteiger partial charge in [-0.15, -0.1) is 0 Å². The molecule has 0 unspecified atom stereocenters. The van der Waals surface area contributed by atoms with Crippen molar-refractivity contribution < 1.29 is 0 Å². The fraction of sp³-hybridized carbons (Fsp3) is 0.750. The fourth-order valence-corrected chi connectivity index (χ4v) is 0.722. The zero-order chi connectivity index (χ0) is 3.54. The third kappa shape index (κ3) is 0.676. The first kappa shape index (κ1) is 3.26. The minimum absolute atomic E-state index is 1.38. The molecule has 1 saturated heterocycles. The van der Waals surface area contributed by atoms with Gasteiger partial charge in [0.1, 0.15) is 7.28 Å². The Morgan fingerprint density at radius 3 is 2.80 bits per heavy atom. The number of hydrogen-bond acceptors (Lipinski definition) is 0. The SMILES string of the molecule is B1[CH]CCC1. The summed E-state index contributed by atoms with van der Waals surface area (Å²) in [6.07, 6.45) is 6.62. The summed E-state index contributed by atoms with van der Waals surface area (Å²) in [5, 5.41) is 0. The van der Waals surface area contributed by atoms with Gasteiger partial charge in [0, 0.05) is 0 Å². The van der Waals surface area contributed by atoms with E-state index in [1.807, 2.05) is 0 Å². The van der Waals surface area contributed by atoms with Crippen LogP contribution in [0.2, 0.25) is 6.32 Å². The van der Waals surface area contributed by atoms with Crippen molar-refractivity contribution in [2.75, 3.05) is 0 Å². The Balaban J connectivity index is 2.08. The van der Waals surface area contributed by atoms with Crippen molar-refractivity contribution in [3.05, 3.63) is 6.32 Å². The highest BCUT2D eigenvalue weighted by molar-refractivity contribution is 6.41. The molecule has 1 rings (SSSR count). The van der Waals surface area contributed by atoms with Gasteiger partial charge < -0.3 is 0 Å². The highest BCUT2D eigenvalue weighted by Crippen LogP contribution is 2.06.